The Bertz CT molecular complexity index is 449. The molecule has 0 aromatic heterocycles. The highest BCUT2D eigenvalue weighted by Crippen LogP contribution is 2.14. The van der Waals surface area contributed by atoms with Crippen LogP contribution in [0, 0.1) is 10.1 Å². The minimum atomic E-state index is -0.981. The van der Waals surface area contributed by atoms with Crippen molar-refractivity contribution in [3.8, 4) is 5.75 Å². The van der Waals surface area contributed by atoms with Gasteiger partial charge in [0.25, 0.3) is 0 Å². The maximum absolute atomic E-state index is 11.1. The van der Waals surface area contributed by atoms with Gasteiger partial charge in [-0.05, 0) is 17.7 Å². The zero-order chi connectivity index (χ0) is 12.8. The molecule has 17 heavy (non-hydrogen) atoms. The fourth-order valence-electron chi connectivity index (χ4n) is 1.15. The van der Waals surface area contributed by atoms with E-state index >= 15 is 0 Å². The third-order valence-electron chi connectivity index (χ3n) is 2.01. The maximum Gasteiger partial charge on any atom is 0.409 e. The van der Waals surface area contributed by atoms with Gasteiger partial charge in [0.1, 0.15) is 5.75 Å². The molecule has 0 aliphatic heterocycles. The molecule has 1 rings (SSSR count). The molecule has 0 atom stereocenters. The Morgan fingerprint density at radius 2 is 1.88 bits per heavy atom. The van der Waals surface area contributed by atoms with Crippen molar-refractivity contribution in [2.45, 2.75) is 0 Å². The Balaban J connectivity index is 3.04. The molecular weight excluding hydrogens is 226 g/mol. The Hall–Kier alpha value is -2.37. The minimum Gasteiger partial charge on any atom is -0.497 e. The molecular formula is C11H11NO5. The molecule has 0 unspecified atom stereocenters. The molecule has 0 saturated carbocycles. The summed E-state index contributed by atoms with van der Waals surface area (Å²) in [7, 11) is 2.61. The molecule has 0 bridgehead atoms. The molecule has 0 heterocycles. The normalized spacial score (nSPS) is 10.8. The summed E-state index contributed by atoms with van der Waals surface area (Å²) in [6, 6.07) is 6.48. The van der Waals surface area contributed by atoms with E-state index in [-0.39, 0.29) is 0 Å². The number of carbonyl (C=O) groups excluding carboxylic acids is 1. The molecule has 0 spiro atoms. The van der Waals surface area contributed by atoms with Crippen LogP contribution in [0.5, 0.6) is 5.75 Å². The third kappa shape index (κ3) is 3.30. The molecule has 0 N–H and O–H groups in total. The van der Waals surface area contributed by atoms with Crippen molar-refractivity contribution in [2.75, 3.05) is 14.2 Å². The summed E-state index contributed by atoms with van der Waals surface area (Å²) in [6.45, 7) is 0. The van der Waals surface area contributed by atoms with Gasteiger partial charge in [0.05, 0.1) is 19.1 Å². The van der Waals surface area contributed by atoms with Crippen molar-refractivity contribution in [1.29, 1.82) is 0 Å². The van der Waals surface area contributed by atoms with Gasteiger partial charge < -0.3 is 9.47 Å². The van der Waals surface area contributed by atoms with Crippen LogP contribution in [-0.2, 0) is 9.53 Å². The Morgan fingerprint density at radius 3 is 2.29 bits per heavy atom. The number of carbonyl (C=O) groups is 1. The van der Waals surface area contributed by atoms with Crippen LogP contribution in [0.2, 0.25) is 0 Å². The van der Waals surface area contributed by atoms with Crippen molar-refractivity contribution >= 4 is 12.0 Å². The van der Waals surface area contributed by atoms with Crippen molar-refractivity contribution in [3.63, 3.8) is 0 Å². The summed E-state index contributed by atoms with van der Waals surface area (Å²) in [4.78, 5) is 21.0. The van der Waals surface area contributed by atoms with Crippen LogP contribution in [0.15, 0.2) is 30.0 Å². The Morgan fingerprint density at radius 1 is 1.29 bits per heavy atom. The average Bonchev–Trinajstić information content (AvgIpc) is 2.35. The summed E-state index contributed by atoms with van der Waals surface area (Å²) in [5.41, 5.74) is -0.0967. The molecule has 1 aromatic rings. The average molecular weight is 237 g/mol. The first-order chi connectivity index (χ1) is 8.08. The molecule has 0 aliphatic rings. The smallest absolute Gasteiger partial charge is 0.409 e. The highest BCUT2D eigenvalue weighted by molar-refractivity contribution is 5.90. The van der Waals surface area contributed by atoms with E-state index in [4.69, 9.17) is 4.74 Å². The molecule has 6 heteroatoms. The van der Waals surface area contributed by atoms with Gasteiger partial charge in [0.2, 0.25) is 0 Å². The van der Waals surface area contributed by atoms with Crippen LogP contribution in [0.25, 0.3) is 6.08 Å². The number of esters is 1. The topological polar surface area (TPSA) is 78.7 Å². The van der Waals surface area contributed by atoms with Crippen LogP contribution in [0.1, 0.15) is 5.56 Å². The van der Waals surface area contributed by atoms with Crippen LogP contribution >= 0.6 is 0 Å². The van der Waals surface area contributed by atoms with Crippen LogP contribution < -0.4 is 4.74 Å². The van der Waals surface area contributed by atoms with E-state index in [2.05, 4.69) is 4.74 Å². The van der Waals surface area contributed by atoms with Gasteiger partial charge in [-0.3, -0.25) is 10.1 Å². The van der Waals surface area contributed by atoms with E-state index in [0.29, 0.717) is 11.3 Å². The van der Waals surface area contributed by atoms with Crippen molar-refractivity contribution in [1.82, 2.24) is 0 Å². The Labute approximate surface area is 97.6 Å². The molecule has 0 saturated heterocycles. The third-order valence-corrected chi connectivity index (χ3v) is 2.01. The first-order valence-electron chi connectivity index (χ1n) is 4.67. The monoisotopic (exact) mass is 237 g/mol. The largest absolute Gasteiger partial charge is 0.497 e. The number of ether oxygens (including phenoxy) is 2. The first kappa shape index (κ1) is 12.7. The first-order valence-corrected chi connectivity index (χ1v) is 4.67. The lowest BCUT2D eigenvalue weighted by Crippen LogP contribution is -2.12. The lowest BCUT2D eigenvalue weighted by molar-refractivity contribution is -0.419. The number of rotatable bonds is 4. The van der Waals surface area contributed by atoms with Crippen molar-refractivity contribution in [2.24, 2.45) is 0 Å². The van der Waals surface area contributed by atoms with E-state index in [0.717, 1.165) is 13.2 Å². The molecule has 90 valence electrons. The lowest BCUT2D eigenvalue weighted by Gasteiger charge is -2.00. The quantitative estimate of drug-likeness (QED) is 0.343. The van der Waals surface area contributed by atoms with Gasteiger partial charge in [-0.2, -0.15) is 0 Å². The summed E-state index contributed by atoms with van der Waals surface area (Å²) in [5.74, 6) is -0.353. The van der Waals surface area contributed by atoms with Crippen LogP contribution in [0.3, 0.4) is 0 Å². The summed E-state index contributed by atoms with van der Waals surface area (Å²) in [5, 5.41) is 10.6. The maximum atomic E-state index is 11.1. The number of hydrogen-bond donors (Lipinski definition) is 0. The predicted octanol–water partition coefficient (Wildman–Crippen LogP) is 1.49. The van der Waals surface area contributed by atoms with Gasteiger partial charge >= 0.3 is 11.7 Å². The van der Waals surface area contributed by atoms with E-state index in [1.54, 1.807) is 24.3 Å². The fourth-order valence-corrected chi connectivity index (χ4v) is 1.15. The number of methoxy groups -OCH3 is 2. The Kier molecular flexibility index (Phi) is 4.21. The van der Waals surface area contributed by atoms with Crippen molar-refractivity contribution < 1.29 is 19.2 Å². The zero-order valence-corrected chi connectivity index (χ0v) is 9.38. The minimum absolute atomic E-state index is 0.517. The number of nitro groups is 1. The van der Waals surface area contributed by atoms with Gasteiger partial charge in [0, 0.05) is 6.08 Å². The predicted molar refractivity (Wildman–Crippen MR) is 60.0 cm³/mol. The molecule has 0 fully saturated rings. The molecule has 0 radical (unpaired) electrons. The van der Waals surface area contributed by atoms with E-state index in [1.807, 2.05) is 0 Å². The highest BCUT2D eigenvalue weighted by Gasteiger charge is 2.22. The second-order valence-corrected chi connectivity index (χ2v) is 3.05. The summed E-state index contributed by atoms with van der Waals surface area (Å²) >= 11 is 0. The standard InChI is InChI=1S/C11H11NO5/c1-16-9-5-3-8(4-6-9)7-10(12(14)15)11(13)17-2/h3-7H,1-2H3/b10-7+. The van der Waals surface area contributed by atoms with Gasteiger partial charge in [-0.25, -0.2) is 4.79 Å². The zero-order valence-electron chi connectivity index (χ0n) is 9.38. The van der Waals surface area contributed by atoms with E-state index in [1.165, 1.54) is 7.11 Å². The SMILES string of the molecule is COC(=O)/C(=C\c1ccc(OC)cc1)[N+](=O)[O-]. The molecule has 0 aliphatic carbocycles. The fraction of sp³-hybridized carbons (Fsp3) is 0.182. The van der Waals surface area contributed by atoms with Crippen LogP contribution in [0.4, 0.5) is 0 Å². The number of benzene rings is 1. The van der Waals surface area contributed by atoms with Gasteiger partial charge in [0.15, 0.2) is 0 Å². The number of hydrogen-bond acceptors (Lipinski definition) is 5. The molecule has 1 aromatic carbocycles. The van der Waals surface area contributed by atoms with Gasteiger partial charge in [-0.1, -0.05) is 12.1 Å². The lowest BCUT2D eigenvalue weighted by atomic mass is 10.2. The van der Waals surface area contributed by atoms with E-state index < -0.39 is 16.6 Å². The molecule has 6 nitrogen and oxygen atoms in total. The molecule has 0 amide bonds. The van der Waals surface area contributed by atoms with Crippen molar-refractivity contribution in [3.05, 3.63) is 45.6 Å². The summed E-state index contributed by atoms with van der Waals surface area (Å²) < 4.78 is 9.26. The van der Waals surface area contributed by atoms with Gasteiger partial charge in [-0.15, -0.1) is 0 Å². The highest BCUT2D eigenvalue weighted by atomic mass is 16.6. The second-order valence-electron chi connectivity index (χ2n) is 3.05. The number of nitrogens with zero attached hydrogens (tertiary/aromatic N) is 1. The van der Waals surface area contributed by atoms with Crippen LogP contribution in [-0.4, -0.2) is 25.1 Å². The van der Waals surface area contributed by atoms with E-state index in [9.17, 15) is 14.9 Å². The summed E-state index contributed by atoms with van der Waals surface area (Å²) in [6.07, 6.45) is 1.14. The second kappa shape index (κ2) is 5.64.